The number of hydrogen-bond acceptors (Lipinski definition) is 2. The maximum Gasteiger partial charge on any atom is 0.251 e. The Morgan fingerprint density at radius 1 is 1.03 bits per heavy atom. The van der Waals surface area contributed by atoms with Crippen molar-refractivity contribution in [3.05, 3.63) is 70.2 Å². The third-order valence-corrected chi connectivity index (χ3v) is 5.82. The van der Waals surface area contributed by atoms with Crippen LogP contribution in [0, 0.1) is 0 Å². The maximum absolute atomic E-state index is 12.5. The lowest BCUT2D eigenvalue weighted by Gasteiger charge is -2.32. The van der Waals surface area contributed by atoms with Gasteiger partial charge in [-0.25, -0.2) is 0 Å². The summed E-state index contributed by atoms with van der Waals surface area (Å²) in [5.41, 5.74) is 3.04. The molecule has 0 atom stereocenters. The van der Waals surface area contributed by atoms with Gasteiger partial charge in [-0.15, -0.1) is 0 Å². The third kappa shape index (κ3) is 6.07. The van der Waals surface area contributed by atoms with Crippen molar-refractivity contribution in [2.45, 2.75) is 51.5 Å². The van der Waals surface area contributed by atoms with Crippen LogP contribution in [0.3, 0.4) is 0 Å². The Bertz CT molecular complexity index is 823. The van der Waals surface area contributed by atoms with Crippen molar-refractivity contribution in [3.63, 3.8) is 0 Å². The number of carbonyl (C=O) groups excluding carboxylic acids is 2. The zero-order valence-electron chi connectivity index (χ0n) is 17.2. The predicted molar refractivity (Wildman–Crippen MR) is 117 cm³/mol. The summed E-state index contributed by atoms with van der Waals surface area (Å²) < 4.78 is 0. The topological polar surface area (TPSA) is 49.4 Å². The van der Waals surface area contributed by atoms with E-state index in [1.165, 1.54) is 5.56 Å². The Hall–Kier alpha value is -2.33. The highest BCUT2D eigenvalue weighted by atomic mass is 35.5. The normalized spacial score (nSPS) is 14.8. The highest BCUT2D eigenvalue weighted by molar-refractivity contribution is 6.30. The average Bonchev–Trinajstić information content (AvgIpc) is 2.73. The summed E-state index contributed by atoms with van der Waals surface area (Å²) >= 11 is 5.90. The van der Waals surface area contributed by atoms with Crippen molar-refractivity contribution in [2.75, 3.05) is 13.1 Å². The van der Waals surface area contributed by atoms with Crippen molar-refractivity contribution in [1.82, 2.24) is 10.2 Å². The lowest BCUT2D eigenvalue weighted by molar-refractivity contribution is -0.132. The van der Waals surface area contributed by atoms with E-state index in [0.717, 1.165) is 24.8 Å². The molecule has 0 bridgehead atoms. The number of halogens is 1. The fraction of sp³-hybridized carbons (Fsp3) is 0.417. The van der Waals surface area contributed by atoms with Crippen LogP contribution in [-0.4, -0.2) is 35.8 Å². The molecule has 5 heteroatoms. The summed E-state index contributed by atoms with van der Waals surface area (Å²) in [7, 11) is 0. The van der Waals surface area contributed by atoms with Gasteiger partial charge in [0.25, 0.3) is 5.91 Å². The van der Waals surface area contributed by atoms with Crippen LogP contribution in [-0.2, 0) is 11.2 Å². The van der Waals surface area contributed by atoms with E-state index >= 15 is 0 Å². The Morgan fingerprint density at radius 3 is 2.24 bits per heavy atom. The molecule has 29 heavy (non-hydrogen) atoms. The largest absolute Gasteiger partial charge is 0.349 e. The molecule has 4 nitrogen and oxygen atoms in total. The number of rotatable bonds is 6. The zero-order valence-corrected chi connectivity index (χ0v) is 17.9. The van der Waals surface area contributed by atoms with E-state index in [9.17, 15) is 9.59 Å². The van der Waals surface area contributed by atoms with Crippen LogP contribution in [0.1, 0.15) is 60.5 Å². The van der Waals surface area contributed by atoms with Crippen molar-refractivity contribution >= 4 is 23.4 Å². The Balaban J connectivity index is 1.43. The lowest BCUT2D eigenvalue weighted by Crippen LogP contribution is -2.46. The van der Waals surface area contributed by atoms with E-state index in [2.05, 4.69) is 19.2 Å². The molecular weight excluding hydrogens is 384 g/mol. The summed E-state index contributed by atoms with van der Waals surface area (Å²) in [6.07, 6.45) is 2.81. The van der Waals surface area contributed by atoms with Gasteiger partial charge in [0, 0.05) is 36.1 Å². The van der Waals surface area contributed by atoms with Gasteiger partial charge in [-0.2, -0.15) is 0 Å². The monoisotopic (exact) mass is 412 g/mol. The highest BCUT2D eigenvalue weighted by Crippen LogP contribution is 2.17. The molecule has 2 aromatic carbocycles. The molecule has 1 fully saturated rings. The minimum Gasteiger partial charge on any atom is -0.349 e. The Morgan fingerprint density at radius 2 is 1.66 bits per heavy atom. The summed E-state index contributed by atoms with van der Waals surface area (Å²) in [6.45, 7) is 5.66. The molecule has 1 aliphatic rings. The second-order valence-electron chi connectivity index (χ2n) is 8.03. The number of nitrogens with one attached hydrogen (secondary N) is 1. The van der Waals surface area contributed by atoms with Crippen molar-refractivity contribution < 1.29 is 9.59 Å². The first-order chi connectivity index (χ1) is 13.9. The molecule has 0 aliphatic carbocycles. The van der Waals surface area contributed by atoms with Crippen LogP contribution < -0.4 is 5.32 Å². The van der Waals surface area contributed by atoms with Gasteiger partial charge in [-0.1, -0.05) is 49.7 Å². The molecule has 1 aliphatic heterocycles. The molecule has 3 rings (SSSR count). The average molecular weight is 413 g/mol. The smallest absolute Gasteiger partial charge is 0.251 e. The van der Waals surface area contributed by atoms with Crippen LogP contribution in [0.4, 0.5) is 0 Å². The van der Waals surface area contributed by atoms with E-state index in [4.69, 9.17) is 11.6 Å². The predicted octanol–water partition coefficient (Wildman–Crippen LogP) is 4.82. The molecule has 0 radical (unpaired) electrons. The van der Waals surface area contributed by atoms with Crippen molar-refractivity contribution in [3.8, 4) is 0 Å². The van der Waals surface area contributed by atoms with Crippen LogP contribution >= 0.6 is 11.6 Å². The third-order valence-electron chi connectivity index (χ3n) is 5.56. The zero-order chi connectivity index (χ0) is 20.8. The summed E-state index contributed by atoms with van der Waals surface area (Å²) in [5.74, 6) is 0.593. The van der Waals surface area contributed by atoms with E-state index in [1.54, 1.807) is 0 Å². The van der Waals surface area contributed by atoms with Crippen LogP contribution in [0.2, 0.25) is 5.02 Å². The molecule has 0 saturated carbocycles. The molecule has 1 N–H and O–H groups in total. The van der Waals surface area contributed by atoms with E-state index in [0.29, 0.717) is 36.0 Å². The molecule has 0 unspecified atom stereocenters. The number of benzene rings is 2. The molecule has 2 amide bonds. The number of amides is 2. The van der Waals surface area contributed by atoms with E-state index in [1.807, 2.05) is 53.4 Å². The van der Waals surface area contributed by atoms with Crippen LogP contribution in [0.5, 0.6) is 0 Å². The standard InChI is InChI=1S/C24H29ClN2O2/c1-17(2)19-6-8-20(9-7-19)24(29)26-22-13-15-27(16-14-22)23(28)12-5-18-3-10-21(25)11-4-18/h3-4,6-11,17,22H,5,12-16H2,1-2H3,(H,26,29). The van der Waals surface area contributed by atoms with Gasteiger partial charge >= 0.3 is 0 Å². The summed E-state index contributed by atoms with van der Waals surface area (Å²) in [4.78, 5) is 26.9. The first kappa shape index (κ1) is 21.4. The Kier molecular flexibility index (Phi) is 7.32. The maximum atomic E-state index is 12.5. The minimum absolute atomic E-state index is 0.0344. The molecule has 1 saturated heterocycles. The van der Waals surface area contributed by atoms with Gasteiger partial charge in [-0.3, -0.25) is 9.59 Å². The molecule has 0 spiro atoms. The Labute approximate surface area is 178 Å². The number of carbonyl (C=O) groups is 2. The first-order valence-corrected chi connectivity index (χ1v) is 10.7. The summed E-state index contributed by atoms with van der Waals surface area (Å²) in [5, 5.41) is 3.83. The minimum atomic E-state index is -0.0344. The highest BCUT2D eigenvalue weighted by Gasteiger charge is 2.24. The number of hydrogen-bond donors (Lipinski definition) is 1. The molecule has 1 heterocycles. The van der Waals surface area contributed by atoms with Gasteiger partial charge in [0.1, 0.15) is 0 Å². The molecule has 154 valence electrons. The van der Waals surface area contributed by atoms with Gasteiger partial charge < -0.3 is 10.2 Å². The molecule has 0 aromatic heterocycles. The fourth-order valence-electron chi connectivity index (χ4n) is 3.62. The van der Waals surface area contributed by atoms with E-state index in [-0.39, 0.29) is 17.9 Å². The summed E-state index contributed by atoms with van der Waals surface area (Å²) in [6, 6.07) is 15.6. The second-order valence-corrected chi connectivity index (χ2v) is 8.47. The van der Waals surface area contributed by atoms with Gasteiger partial charge in [0.2, 0.25) is 5.91 Å². The molecular formula is C24H29ClN2O2. The van der Waals surface area contributed by atoms with Crippen LogP contribution in [0.25, 0.3) is 0 Å². The first-order valence-electron chi connectivity index (χ1n) is 10.4. The van der Waals surface area contributed by atoms with Crippen molar-refractivity contribution in [2.24, 2.45) is 0 Å². The van der Waals surface area contributed by atoms with Crippen molar-refractivity contribution in [1.29, 1.82) is 0 Å². The van der Waals surface area contributed by atoms with Gasteiger partial charge in [0.15, 0.2) is 0 Å². The number of nitrogens with zero attached hydrogens (tertiary/aromatic N) is 1. The van der Waals surface area contributed by atoms with Gasteiger partial charge in [0.05, 0.1) is 0 Å². The van der Waals surface area contributed by atoms with E-state index < -0.39 is 0 Å². The van der Waals surface area contributed by atoms with Gasteiger partial charge in [-0.05, 0) is 60.6 Å². The fourth-order valence-corrected chi connectivity index (χ4v) is 3.75. The second kappa shape index (κ2) is 9.93. The number of piperidine rings is 1. The van der Waals surface area contributed by atoms with Crippen LogP contribution in [0.15, 0.2) is 48.5 Å². The SMILES string of the molecule is CC(C)c1ccc(C(=O)NC2CCN(C(=O)CCc3ccc(Cl)cc3)CC2)cc1. The quantitative estimate of drug-likeness (QED) is 0.739. The number of aryl methyl sites for hydroxylation is 1. The molecule has 2 aromatic rings. The number of likely N-dealkylation sites (tertiary alicyclic amines) is 1. The lowest BCUT2D eigenvalue weighted by atomic mass is 10.0.